The zero-order chi connectivity index (χ0) is 21.1. The Morgan fingerprint density at radius 1 is 0.833 bits per heavy atom. The number of hydrogen-bond acceptors (Lipinski definition) is 4. The highest BCUT2D eigenvalue weighted by atomic mass is 19.4. The molecule has 1 aliphatic carbocycles. The molecule has 1 aromatic heterocycles. The van der Waals surface area contributed by atoms with E-state index in [0.29, 0.717) is 24.3 Å². The van der Waals surface area contributed by atoms with Gasteiger partial charge in [0.1, 0.15) is 35.5 Å². The second kappa shape index (κ2) is 8.07. The van der Waals surface area contributed by atoms with Crippen molar-refractivity contribution in [3.63, 3.8) is 0 Å². The van der Waals surface area contributed by atoms with Crippen LogP contribution in [0.25, 0.3) is 0 Å². The Kier molecular flexibility index (Phi) is 5.32. The predicted molar refractivity (Wildman–Crippen MR) is 103 cm³/mol. The molecule has 4 rings (SSSR count). The Balaban J connectivity index is 1.60. The van der Waals surface area contributed by atoms with E-state index in [2.05, 4.69) is 4.98 Å². The highest BCUT2D eigenvalue weighted by Gasteiger charge is 2.33. The van der Waals surface area contributed by atoms with Crippen molar-refractivity contribution in [1.29, 1.82) is 5.26 Å². The Morgan fingerprint density at radius 2 is 1.47 bits per heavy atom. The molecule has 0 radical (unpaired) electrons. The van der Waals surface area contributed by atoms with Crippen molar-refractivity contribution < 1.29 is 22.6 Å². The molecule has 0 saturated heterocycles. The lowest BCUT2D eigenvalue weighted by molar-refractivity contribution is -0.137. The number of nitrogens with zero attached hydrogens (tertiary/aromatic N) is 2. The number of nitriles is 1. The first-order valence-electron chi connectivity index (χ1n) is 9.40. The van der Waals surface area contributed by atoms with Crippen LogP contribution < -0.4 is 9.47 Å². The number of ether oxygens (including phenoxy) is 2. The number of benzene rings is 2. The Hall–Kier alpha value is -3.53. The fourth-order valence-corrected chi connectivity index (χ4v) is 3.46. The number of pyridine rings is 1. The topological polar surface area (TPSA) is 55.1 Å². The van der Waals surface area contributed by atoms with E-state index in [1.54, 1.807) is 12.1 Å². The van der Waals surface area contributed by atoms with Crippen molar-refractivity contribution in [3.8, 4) is 17.6 Å². The second-order valence-electron chi connectivity index (χ2n) is 6.91. The molecular weight excluding hydrogens is 393 g/mol. The number of fused-ring (bicyclic) bond motifs is 1. The third-order valence-electron chi connectivity index (χ3n) is 4.90. The monoisotopic (exact) mass is 410 g/mol. The molecule has 0 fully saturated rings. The second-order valence-corrected chi connectivity index (χ2v) is 6.91. The lowest BCUT2D eigenvalue weighted by atomic mass is 9.90. The van der Waals surface area contributed by atoms with Gasteiger partial charge in [0.2, 0.25) is 0 Å². The molecule has 1 aliphatic rings. The molecule has 4 nitrogen and oxygen atoms in total. The Labute approximate surface area is 171 Å². The molecule has 2 atom stereocenters. The maximum Gasteiger partial charge on any atom is 0.416 e. The van der Waals surface area contributed by atoms with E-state index in [0.717, 1.165) is 23.4 Å². The van der Waals surface area contributed by atoms with Crippen molar-refractivity contribution in [2.24, 2.45) is 0 Å². The third-order valence-corrected chi connectivity index (χ3v) is 4.90. The number of alkyl halides is 3. The summed E-state index contributed by atoms with van der Waals surface area (Å²) in [7, 11) is 0. The average molecular weight is 410 g/mol. The first-order chi connectivity index (χ1) is 14.4. The fraction of sp³-hybridized carbons (Fsp3) is 0.217. The molecule has 2 aromatic carbocycles. The van der Waals surface area contributed by atoms with Crippen LogP contribution in [0.5, 0.6) is 11.5 Å². The van der Waals surface area contributed by atoms with Crippen LogP contribution in [0, 0.1) is 11.3 Å². The van der Waals surface area contributed by atoms with Gasteiger partial charge in [-0.05, 0) is 55.3 Å². The summed E-state index contributed by atoms with van der Waals surface area (Å²) in [5.74, 6) is 1.03. The molecule has 3 aromatic rings. The van der Waals surface area contributed by atoms with Crippen LogP contribution in [0.15, 0.2) is 66.7 Å². The lowest BCUT2D eigenvalue weighted by Gasteiger charge is -2.31. The fourth-order valence-electron chi connectivity index (χ4n) is 3.46. The van der Waals surface area contributed by atoms with Gasteiger partial charge in [-0.1, -0.05) is 24.3 Å². The van der Waals surface area contributed by atoms with Gasteiger partial charge < -0.3 is 9.47 Å². The zero-order valence-electron chi connectivity index (χ0n) is 15.8. The van der Waals surface area contributed by atoms with Crippen molar-refractivity contribution in [2.45, 2.75) is 31.2 Å². The molecule has 0 amide bonds. The van der Waals surface area contributed by atoms with Gasteiger partial charge in [0.25, 0.3) is 0 Å². The van der Waals surface area contributed by atoms with Crippen molar-refractivity contribution >= 4 is 0 Å². The minimum Gasteiger partial charge on any atom is -0.486 e. The number of halogens is 3. The standard InChI is InChI=1S/C23H17F3N2O2/c24-23(25,26)15-6-9-18(10-7-15)30-21-13-12-20(29-17-4-2-1-3-5-17)19-11-8-16(14-27)28-22(19)21/h1-11,20-21H,12-13H2. The summed E-state index contributed by atoms with van der Waals surface area (Å²) >= 11 is 0. The van der Waals surface area contributed by atoms with Gasteiger partial charge >= 0.3 is 6.18 Å². The highest BCUT2D eigenvalue weighted by Crippen LogP contribution is 2.40. The van der Waals surface area contributed by atoms with Gasteiger partial charge in [0.05, 0.1) is 11.3 Å². The molecule has 30 heavy (non-hydrogen) atoms. The molecule has 2 unspecified atom stereocenters. The first kappa shape index (κ1) is 19.8. The van der Waals surface area contributed by atoms with Crippen LogP contribution in [0.4, 0.5) is 13.2 Å². The summed E-state index contributed by atoms with van der Waals surface area (Å²) in [4.78, 5) is 4.41. The van der Waals surface area contributed by atoms with Crippen molar-refractivity contribution in [2.75, 3.05) is 0 Å². The van der Waals surface area contributed by atoms with Crippen LogP contribution >= 0.6 is 0 Å². The molecule has 0 bridgehead atoms. The van der Waals surface area contributed by atoms with E-state index in [9.17, 15) is 18.4 Å². The summed E-state index contributed by atoms with van der Waals surface area (Å²) in [6.45, 7) is 0. The largest absolute Gasteiger partial charge is 0.486 e. The van der Waals surface area contributed by atoms with Crippen LogP contribution in [0.1, 0.15) is 47.6 Å². The third kappa shape index (κ3) is 4.23. The molecule has 0 spiro atoms. The van der Waals surface area contributed by atoms with E-state index in [-0.39, 0.29) is 11.8 Å². The number of hydrogen-bond donors (Lipinski definition) is 0. The molecule has 7 heteroatoms. The van der Waals surface area contributed by atoms with E-state index >= 15 is 0 Å². The first-order valence-corrected chi connectivity index (χ1v) is 9.40. The van der Waals surface area contributed by atoms with E-state index in [1.807, 2.05) is 36.4 Å². The smallest absolute Gasteiger partial charge is 0.416 e. The van der Waals surface area contributed by atoms with E-state index < -0.39 is 17.8 Å². The van der Waals surface area contributed by atoms with E-state index in [4.69, 9.17) is 9.47 Å². The van der Waals surface area contributed by atoms with Gasteiger partial charge in [-0.15, -0.1) is 0 Å². The minimum atomic E-state index is -4.40. The summed E-state index contributed by atoms with van der Waals surface area (Å²) < 4.78 is 50.4. The summed E-state index contributed by atoms with van der Waals surface area (Å²) in [6, 6.07) is 19.4. The number of rotatable bonds is 4. The molecule has 0 aliphatic heterocycles. The maximum absolute atomic E-state index is 12.8. The van der Waals surface area contributed by atoms with Crippen molar-refractivity contribution in [1.82, 2.24) is 4.98 Å². The van der Waals surface area contributed by atoms with E-state index in [1.165, 1.54) is 12.1 Å². The summed E-state index contributed by atoms with van der Waals surface area (Å²) in [5, 5.41) is 9.23. The molecule has 0 N–H and O–H groups in total. The van der Waals surface area contributed by atoms with Crippen LogP contribution in [-0.2, 0) is 6.18 Å². The van der Waals surface area contributed by atoms with Gasteiger partial charge in [-0.2, -0.15) is 18.4 Å². The Bertz CT molecular complexity index is 1060. The highest BCUT2D eigenvalue weighted by molar-refractivity contribution is 5.36. The summed E-state index contributed by atoms with van der Waals surface area (Å²) in [5.41, 5.74) is 0.886. The average Bonchev–Trinajstić information content (AvgIpc) is 2.75. The van der Waals surface area contributed by atoms with Gasteiger partial charge in [0.15, 0.2) is 0 Å². The maximum atomic E-state index is 12.8. The minimum absolute atomic E-state index is 0.245. The zero-order valence-corrected chi connectivity index (χ0v) is 15.8. The molecule has 1 heterocycles. The molecule has 0 saturated carbocycles. The normalized spacial score (nSPS) is 18.2. The SMILES string of the molecule is N#Cc1ccc2c(n1)C(Oc1ccc(C(F)(F)F)cc1)CCC2Oc1ccccc1. The van der Waals surface area contributed by atoms with Crippen LogP contribution in [0.2, 0.25) is 0 Å². The van der Waals surface area contributed by atoms with Crippen molar-refractivity contribution in [3.05, 3.63) is 89.2 Å². The lowest BCUT2D eigenvalue weighted by Crippen LogP contribution is -2.23. The quantitative estimate of drug-likeness (QED) is 0.529. The Morgan fingerprint density at radius 3 is 2.13 bits per heavy atom. The van der Waals surface area contributed by atoms with Gasteiger partial charge in [-0.25, -0.2) is 4.98 Å². The van der Waals surface area contributed by atoms with Crippen LogP contribution in [-0.4, -0.2) is 4.98 Å². The molecular formula is C23H17F3N2O2. The van der Waals surface area contributed by atoms with Gasteiger partial charge in [-0.3, -0.25) is 0 Å². The number of para-hydroxylation sites is 1. The van der Waals surface area contributed by atoms with Crippen LogP contribution in [0.3, 0.4) is 0 Å². The number of aromatic nitrogens is 1. The summed E-state index contributed by atoms with van der Waals surface area (Å²) in [6.07, 6.45) is -3.95. The molecule has 152 valence electrons. The predicted octanol–water partition coefficient (Wildman–Crippen LogP) is 6.01. The van der Waals surface area contributed by atoms with Gasteiger partial charge in [0, 0.05) is 5.56 Å².